The number of benzene rings is 2. The van der Waals surface area contributed by atoms with E-state index < -0.39 is 0 Å². The van der Waals surface area contributed by atoms with Crippen molar-refractivity contribution in [1.29, 1.82) is 0 Å². The lowest BCUT2D eigenvalue weighted by Gasteiger charge is -2.08. The SMILES string of the molecule is Cc1c(-c2ccccc2)sc2ncn(Cc3cc(Cl)c4c(c3)OCO4)c(=O)c12. The molecule has 4 aromatic rings. The number of aryl methyl sites for hydroxylation is 1. The minimum absolute atomic E-state index is 0.0604. The van der Waals surface area contributed by atoms with E-state index in [2.05, 4.69) is 4.98 Å². The maximum Gasteiger partial charge on any atom is 0.262 e. The van der Waals surface area contributed by atoms with Gasteiger partial charge >= 0.3 is 0 Å². The van der Waals surface area contributed by atoms with Crippen LogP contribution in [0, 0.1) is 6.92 Å². The standard InChI is InChI=1S/C21H15ClN2O3S/c1-12-17-20(28-19(12)14-5-3-2-4-6-14)23-10-24(21(17)25)9-13-7-15(22)18-16(8-13)26-11-27-18/h2-8,10H,9,11H2,1H3. The van der Waals surface area contributed by atoms with E-state index in [1.54, 1.807) is 28.3 Å². The Bertz CT molecular complexity index is 1260. The van der Waals surface area contributed by atoms with Crippen LogP contribution in [0.5, 0.6) is 11.5 Å². The number of ether oxygens (including phenoxy) is 2. The summed E-state index contributed by atoms with van der Waals surface area (Å²) < 4.78 is 12.4. The zero-order valence-corrected chi connectivity index (χ0v) is 16.5. The molecule has 0 unspecified atom stereocenters. The Hall–Kier alpha value is -2.83. The summed E-state index contributed by atoms with van der Waals surface area (Å²) in [5.74, 6) is 1.15. The van der Waals surface area contributed by atoms with Crippen molar-refractivity contribution in [3.8, 4) is 21.9 Å². The number of hydrogen-bond donors (Lipinski definition) is 0. The number of fused-ring (bicyclic) bond motifs is 2. The molecule has 5 nitrogen and oxygen atoms in total. The summed E-state index contributed by atoms with van der Waals surface area (Å²) in [4.78, 5) is 19.5. The topological polar surface area (TPSA) is 53.4 Å². The highest BCUT2D eigenvalue weighted by atomic mass is 35.5. The molecule has 0 amide bonds. The van der Waals surface area contributed by atoms with Crippen LogP contribution in [0.2, 0.25) is 5.02 Å². The maximum absolute atomic E-state index is 13.2. The van der Waals surface area contributed by atoms with Gasteiger partial charge in [0.2, 0.25) is 6.79 Å². The highest BCUT2D eigenvalue weighted by molar-refractivity contribution is 7.22. The summed E-state index contributed by atoms with van der Waals surface area (Å²) in [6, 6.07) is 13.7. The molecule has 7 heteroatoms. The Morgan fingerprint density at radius 1 is 1.21 bits per heavy atom. The van der Waals surface area contributed by atoms with Gasteiger partial charge in [-0.05, 0) is 35.7 Å². The van der Waals surface area contributed by atoms with Crippen molar-refractivity contribution in [2.75, 3.05) is 6.79 Å². The Labute approximate surface area is 169 Å². The van der Waals surface area contributed by atoms with Crippen LogP contribution in [0.3, 0.4) is 0 Å². The van der Waals surface area contributed by atoms with Crippen LogP contribution >= 0.6 is 22.9 Å². The van der Waals surface area contributed by atoms with E-state index in [1.165, 1.54) is 0 Å². The van der Waals surface area contributed by atoms with Crippen LogP contribution in [0.4, 0.5) is 0 Å². The quantitative estimate of drug-likeness (QED) is 0.483. The molecule has 0 saturated heterocycles. The Kier molecular flexibility index (Phi) is 4.10. The third kappa shape index (κ3) is 2.77. The lowest BCUT2D eigenvalue weighted by Crippen LogP contribution is -2.21. The van der Waals surface area contributed by atoms with Gasteiger partial charge in [-0.15, -0.1) is 11.3 Å². The number of rotatable bonds is 3. The molecule has 1 aliphatic rings. The van der Waals surface area contributed by atoms with Crippen LogP contribution in [-0.4, -0.2) is 16.3 Å². The van der Waals surface area contributed by atoms with E-state index >= 15 is 0 Å². The van der Waals surface area contributed by atoms with Gasteiger partial charge in [0.15, 0.2) is 11.5 Å². The fourth-order valence-electron chi connectivity index (χ4n) is 3.45. The van der Waals surface area contributed by atoms with Gasteiger partial charge in [0, 0.05) is 4.88 Å². The lowest BCUT2D eigenvalue weighted by molar-refractivity contribution is 0.174. The van der Waals surface area contributed by atoms with E-state index in [9.17, 15) is 4.79 Å². The first-order valence-corrected chi connectivity index (χ1v) is 9.93. The zero-order chi connectivity index (χ0) is 19.3. The third-order valence-corrected chi connectivity index (χ3v) is 6.32. The molecule has 0 bridgehead atoms. The molecule has 0 fully saturated rings. The fraction of sp³-hybridized carbons (Fsp3) is 0.143. The molecular weight excluding hydrogens is 396 g/mol. The van der Waals surface area contributed by atoms with E-state index in [0.29, 0.717) is 28.5 Å². The average molecular weight is 411 g/mol. The van der Waals surface area contributed by atoms with Gasteiger partial charge in [-0.25, -0.2) is 4.98 Å². The summed E-state index contributed by atoms with van der Waals surface area (Å²) in [7, 11) is 0. The summed E-state index contributed by atoms with van der Waals surface area (Å²) in [6.45, 7) is 2.49. The molecule has 0 spiro atoms. The second-order valence-electron chi connectivity index (χ2n) is 6.59. The molecule has 2 aromatic carbocycles. The summed E-state index contributed by atoms with van der Waals surface area (Å²) in [6.07, 6.45) is 1.59. The molecule has 1 aliphatic heterocycles. The van der Waals surface area contributed by atoms with Crippen LogP contribution < -0.4 is 15.0 Å². The van der Waals surface area contributed by atoms with Crippen LogP contribution in [-0.2, 0) is 6.54 Å². The molecule has 28 heavy (non-hydrogen) atoms. The van der Waals surface area contributed by atoms with Crippen molar-refractivity contribution in [2.24, 2.45) is 0 Å². The minimum atomic E-state index is -0.0604. The van der Waals surface area contributed by atoms with Crippen molar-refractivity contribution < 1.29 is 9.47 Å². The van der Waals surface area contributed by atoms with E-state index in [1.807, 2.05) is 43.3 Å². The molecule has 0 N–H and O–H groups in total. The molecule has 0 saturated carbocycles. The average Bonchev–Trinajstić information content (AvgIpc) is 3.30. The number of nitrogens with zero attached hydrogens (tertiary/aromatic N) is 2. The third-order valence-electron chi connectivity index (χ3n) is 4.79. The maximum atomic E-state index is 13.2. The molecule has 3 heterocycles. The van der Waals surface area contributed by atoms with Gasteiger partial charge in [0.1, 0.15) is 4.83 Å². The molecule has 140 valence electrons. The van der Waals surface area contributed by atoms with Gasteiger partial charge in [-0.3, -0.25) is 9.36 Å². The van der Waals surface area contributed by atoms with E-state index in [4.69, 9.17) is 21.1 Å². The molecule has 0 radical (unpaired) electrons. The summed E-state index contributed by atoms with van der Waals surface area (Å²) >= 11 is 7.81. The van der Waals surface area contributed by atoms with Crippen LogP contribution in [0.1, 0.15) is 11.1 Å². The van der Waals surface area contributed by atoms with Crippen LogP contribution in [0.15, 0.2) is 53.6 Å². The highest BCUT2D eigenvalue weighted by Crippen LogP contribution is 2.40. The molecule has 5 rings (SSSR count). The summed E-state index contributed by atoms with van der Waals surface area (Å²) in [5.41, 5.74) is 2.85. The van der Waals surface area contributed by atoms with Gasteiger partial charge in [0.25, 0.3) is 5.56 Å². The van der Waals surface area contributed by atoms with Crippen molar-refractivity contribution in [3.63, 3.8) is 0 Å². The Morgan fingerprint density at radius 3 is 2.86 bits per heavy atom. The first kappa shape index (κ1) is 17.3. The molecule has 0 aliphatic carbocycles. The minimum Gasteiger partial charge on any atom is -0.454 e. The summed E-state index contributed by atoms with van der Waals surface area (Å²) in [5, 5.41) is 1.14. The van der Waals surface area contributed by atoms with Gasteiger partial charge in [0.05, 0.1) is 23.3 Å². The second kappa shape index (κ2) is 6.65. The zero-order valence-electron chi connectivity index (χ0n) is 14.9. The number of hydrogen-bond acceptors (Lipinski definition) is 5. The molecular formula is C21H15ClN2O3S. The van der Waals surface area contributed by atoms with Crippen molar-refractivity contribution in [1.82, 2.24) is 9.55 Å². The van der Waals surface area contributed by atoms with E-state index in [0.717, 1.165) is 26.4 Å². The number of halogens is 1. The molecule has 2 aromatic heterocycles. The van der Waals surface area contributed by atoms with Crippen LogP contribution in [0.25, 0.3) is 20.7 Å². The number of aromatic nitrogens is 2. The highest BCUT2D eigenvalue weighted by Gasteiger charge is 2.20. The smallest absolute Gasteiger partial charge is 0.262 e. The normalized spacial score (nSPS) is 12.6. The Morgan fingerprint density at radius 2 is 2.04 bits per heavy atom. The Balaban J connectivity index is 1.58. The van der Waals surface area contributed by atoms with Gasteiger partial charge in [-0.2, -0.15) is 0 Å². The van der Waals surface area contributed by atoms with Crippen molar-refractivity contribution in [2.45, 2.75) is 13.5 Å². The molecule has 0 atom stereocenters. The monoisotopic (exact) mass is 410 g/mol. The largest absolute Gasteiger partial charge is 0.454 e. The number of thiophene rings is 1. The van der Waals surface area contributed by atoms with Crippen molar-refractivity contribution >= 4 is 33.2 Å². The van der Waals surface area contributed by atoms with Gasteiger partial charge < -0.3 is 9.47 Å². The van der Waals surface area contributed by atoms with Crippen molar-refractivity contribution in [3.05, 3.63) is 75.3 Å². The fourth-order valence-corrected chi connectivity index (χ4v) is 4.88. The second-order valence-corrected chi connectivity index (χ2v) is 8.00. The predicted molar refractivity (Wildman–Crippen MR) is 111 cm³/mol. The first-order valence-electron chi connectivity index (χ1n) is 8.74. The lowest BCUT2D eigenvalue weighted by atomic mass is 10.1. The van der Waals surface area contributed by atoms with Gasteiger partial charge in [-0.1, -0.05) is 41.9 Å². The predicted octanol–water partition coefficient (Wildman–Crippen LogP) is 4.86. The van der Waals surface area contributed by atoms with E-state index in [-0.39, 0.29) is 12.4 Å². The first-order chi connectivity index (χ1) is 13.6.